The van der Waals surface area contributed by atoms with Crippen LogP contribution in [0.25, 0.3) is 11.5 Å². The van der Waals surface area contributed by atoms with Gasteiger partial charge in [-0.3, -0.25) is 4.68 Å². The van der Waals surface area contributed by atoms with Crippen LogP contribution in [0.4, 0.5) is 0 Å². The second-order valence-corrected chi connectivity index (χ2v) is 3.67. The molecular weight excluding hydrogens is 204 g/mol. The van der Waals surface area contributed by atoms with Crippen molar-refractivity contribution < 1.29 is 4.42 Å². The van der Waals surface area contributed by atoms with Crippen molar-refractivity contribution in [2.24, 2.45) is 7.05 Å². The van der Waals surface area contributed by atoms with Crippen molar-refractivity contribution in [3.63, 3.8) is 0 Å². The second-order valence-electron chi connectivity index (χ2n) is 3.67. The standard InChI is InChI=1S/C11H16N4O/c1-3-5-12-8-11-13-7-10(16-11)9-4-6-15(2)14-9/h4,6-7,12H,3,5,8H2,1-2H3. The zero-order chi connectivity index (χ0) is 11.4. The van der Waals surface area contributed by atoms with E-state index in [0.717, 1.165) is 18.7 Å². The highest BCUT2D eigenvalue weighted by Crippen LogP contribution is 2.17. The molecule has 5 nitrogen and oxygen atoms in total. The molecule has 0 amide bonds. The van der Waals surface area contributed by atoms with Gasteiger partial charge in [0.05, 0.1) is 12.7 Å². The molecule has 86 valence electrons. The SMILES string of the molecule is CCCNCc1ncc(-c2ccn(C)n2)o1. The van der Waals surface area contributed by atoms with Crippen LogP contribution in [0.3, 0.4) is 0 Å². The van der Waals surface area contributed by atoms with Gasteiger partial charge in [0.2, 0.25) is 5.89 Å². The lowest BCUT2D eigenvalue weighted by atomic mass is 10.4. The van der Waals surface area contributed by atoms with E-state index in [-0.39, 0.29) is 0 Å². The maximum atomic E-state index is 5.58. The largest absolute Gasteiger partial charge is 0.438 e. The number of hydrogen-bond donors (Lipinski definition) is 1. The molecule has 0 saturated carbocycles. The number of hydrogen-bond acceptors (Lipinski definition) is 4. The van der Waals surface area contributed by atoms with Gasteiger partial charge in [-0.05, 0) is 19.0 Å². The summed E-state index contributed by atoms with van der Waals surface area (Å²) in [4.78, 5) is 4.20. The summed E-state index contributed by atoms with van der Waals surface area (Å²) < 4.78 is 7.32. The first-order chi connectivity index (χ1) is 7.79. The van der Waals surface area contributed by atoms with Gasteiger partial charge < -0.3 is 9.73 Å². The third kappa shape index (κ3) is 2.49. The summed E-state index contributed by atoms with van der Waals surface area (Å²) in [6.07, 6.45) is 4.70. The van der Waals surface area contributed by atoms with E-state index in [9.17, 15) is 0 Å². The van der Waals surface area contributed by atoms with E-state index >= 15 is 0 Å². The predicted octanol–water partition coefficient (Wildman–Crippen LogP) is 1.57. The minimum Gasteiger partial charge on any atom is -0.438 e. The number of nitrogens with one attached hydrogen (secondary N) is 1. The summed E-state index contributed by atoms with van der Waals surface area (Å²) >= 11 is 0. The zero-order valence-electron chi connectivity index (χ0n) is 9.60. The maximum absolute atomic E-state index is 5.58. The molecule has 2 rings (SSSR count). The second kappa shape index (κ2) is 4.94. The average Bonchev–Trinajstić information content (AvgIpc) is 2.87. The van der Waals surface area contributed by atoms with Crippen molar-refractivity contribution in [1.82, 2.24) is 20.1 Å². The highest BCUT2D eigenvalue weighted by Gasteiger charge is 2.07. The van der Waals surface area contributed by atoms with Gasteiger partial charge in [0.15, 0.2) is 5.76 Å². The summed E-state index contributed by atoms with van der Waals surface area (Å²) in [6.45, 7) is 3.77. The van der Waals surface area contributed by atoms with Crippen LogP contribution in [-0.4, -0.2) is 21.3 Å². The lowest BCUT2D eigenvalue weighted by Gasteiger charge is -1.97. The molecule has 0 bridgehead atoms. The molecule has 0 unspecified atom stereocenters. The molecule has 0 saturated heterocycles. The summed E-state index contributed by atoms with van der Waals surface area (Å²) in [5, 5.41) is 7.49. The van der Waals surface area contributed by atoms with Crippen molar-refractivity contribution >= 4 is 0 Å². The Bertz CT molecular complexity index is 446. The number of nitrogens with zero attached hydrogens (tertiary/aromatic N) is 3. The molecule has 0 radical (unpaired) electrons. The summed E-state index contributed by atoms with van der Waals surface area (Å²) in [7, 11) is 1.88. The Balaban J connectivity index is 2.02. The first-order valence-corrected chi connectivity index (χ1v) is 5.45. The quantitative estimate of drug-likeness (QED) is 0.777. The molecule has 5 heteroatoms. The van der Waals surface area contributed by atoms with Crippen LogP contribution in [0.15, 0.2) is 22.9 Å². The van der Waals surface area contributed by atoms with Crippen molar-refractivity contribution in [1.29, 1.82) is 0 Å². The zero-order valence-corrected chi connectivity index (χ0v) is 9.60. The highest BCUT2D eigenvalue weighted by atomic mass is 16.4. The van der Waals surface area contributed by atoms with Gasteiger partial charge in [0, 0.05) is 13.2 Å². The van der Waals surface area contributed by atoms with Crippen molar-refractivity contribution in [3.8, 4) is 11.5 Å². The Morgan fingerprint density at radius 3 is 3.06 bits per heavy atom. The molecule has 0 aliphatic heterocycles. The number of rotatable bonds is 5. The first kappa shape index (κ1) is 10.9. The van der Waals surface area contributed by atoms with Gasteiger partial charge in [-0.2, -0.15) is 5.10 Å². The van der Waals surface area contributed by atoms with Gasteiger partial charge in [-0.1, -0.05) is 6.92 Å². The first-order valence-electron chi connectivity index (χ1n) is 5.45. The molecule has 0 atom stereocenters. The van der Waals surface area contributed by atoms with Crippen LogP contribution in [0.1, 0.15) is 19.2 Å². The van der Waals surface area contributed by atoms with Gasteiger partial charge in [0.1, 0.15) is 5.69 Å². The third-order valence-electron chi connectivity index (χ3n) is 2.22. The summed E-state index contributed by atoms with van der Waals surface area (Å²) in [5.74, 6) is 1.42. The van der Waals surface area contributed by atoms with E-state index in [1.807, 2.05) is 19.3 Å². The highest BCUT2D eigenvalue weighted by molar-refractivity contribution is 5.49. The van der Waals surface area contributed by atoms with E-state index in [1.54, 1.807) is 10.9 Å². The van der Waals surface area contributed by atoms with E-state index in [1.165, 1.54) is 0 Å². The van der Waals surface area contributed by atoms with Crippen LogP contribution in [0.2, 0.25) is 0 Å². The molecule has 0 aliphatic carbocycles. The molecule has 0 aromatic carbocycles. The van der Waals surface area contributed by atoms with Crippen LogP contribution in [0.5, 0.6) is 0 Å². The lowest BCUT2D eigenvalue weighted by molar-refractivity contribution is 0.476. The molecule has 0 spiro atoms. The number of oxazole rings is 1. The van der Waals surface area contributed by atoms with Gasteiger partial charge >= 0.3 is 0 Å². The van der Waals surface area contributed by atoms with E-state index in [2.05, 4.69) is 22.3 Å². The molecule has 0 aliphatic rings. The Morgan fingerprint density at radius 2 is 2.38 bits per heavy atom. The maximum Gasteiger partial charge on any atom is 0.208 e. The minimum absolute atomic E-state index is 0.667. The molecular formula is C11H16N4O. The Kier molecular flexibility index (Phi) is 3.36. The fourth-order valence-corrected chi connectivity index (χ4v) is 1.43. The van der Waals surface area contributed by atoms with E-state index < -0.39 is 0 Å². The summed E-state index contributed by atoms with van der Waals surface area (Å²) in [6, 6.07) is 1.91. The Hall–Kier alpha value is -1.62. The molecule has 2 heterocycles. The monoisotopic (exact) mass is 220 g/mol. The van der Waals surface area contributed by atoms with E-state index in [0.29, 0.717) is 18.2 Å². The van der Waals surface area contributed by atoms with Crippen LogP contribution >= 0.6 is 0 Å². The normalized spacial score (nSPS) is 10.9. The number of aryl methyl sites for hydroxylation is 1. The fourth-order valence-electron chi connectivity index (χ4n) is 1.43. The Morgan fingerprint density at radius 1 is 1.50 bits per heavy atom. The van der Waals surface area contributed by atoms with Crippen molar-refractivity contribution in [3.05, 3.63) is 24.4 Å². The van der Waals surface area contributed by atoms with Crippen molar-refractivity contribution in [2.75, 3.05) is 6.54 Å². The van der Waals surface area contributed by atoms with Crippen molar-refractivity contribution in [2.45, 2.75) is 19.9 Å². The Labute approximate surface area is 94.5 Å². The average molecular weight is 220 g/mol. The third-order valence-corrected chi connectivity index (χ3v) is 2.22. The van der Waals surface area contributed by atoms with E-state index in [4.69, 9.17) is 4.42 Å². The smallest absolute Gasteiger partial charge is 0.208 e. The van der Waals surface area contributed by atoms with Crippen LogP contribution < -0.4 is 5.32 Å². The van der Waals surface area contributed by atoms with Crippen LogP contribution in [0, 0.1) is 0 Å². The predicted molar refractivity (Wildman–Crippen MR) is 60.7 cm³/mol. The number of aromatic nitrogens is 3. The molecule has 2 aromatic heterocycles. The molecule has 1 N–H and O–H groups in total. The van der Waals surface area contributed by atoms with Gasteiger partial charge in [-0.25, -0.2) is 4.98 Å². The lowest BCUT2D eigenvalue weighted by Crippen LogP contribution is -2.13. The summed E-state index contributed by atoms with van der Waals surface area (Å²) in [5.41, 5.74) is 0.816. The van der Waals surface area contributed by atoms with Gasteiger partial charge in [-0.15, -0.1) is 0 Å². The van der Waals surface area contributed by atoms with Crippen LogP contribution in [-0.2, 0) is 13.6 Å². The molecule has 2 aromatic rings. The minimum atomic E-state index is 0.667. The topological polar surface area (TPSA) is 55.9 Å². The molecule has 0 fully saturated rings. The van der Waals surface area contributed by atoms with Gasteiger partial charge in [0.25, 0.3) is 0 Å². The fraction of sp³-hybridized carbons (Fsp3) is 0.455. The molecule has 16 heavy (non-hydrogen) atoms.